The third-order valence-electron chi connectivity index (χ3n) is 8.32. The molecule has 0 spiro atoms. The number of likely N-dealkylation sites (tertiary alicyclic amines) is 1. The van der Waals surface area contributed by atoms with Gasteiger partial charge >= 0.3 is 6.18 Å². The van der Waals surface area contributed by atoms with Crippen molar-refractivity contribution in [2.75, 3.05) is 26.2 Å². The summed E-state index contributed by atoms with van der Waals surface area (Å²) in [5.74, 6) is -0.825. The lowest BCUT2D eigenvalue weighted by atomic mass is 9.73. The topological polar surface area (TPSA) is 97.6 Å². The summed E-state index contributed by atoms with van der Waals surface area (Å²) >= 11 is 0. The van der Waals surface area contributed by atoms with Gasteiger partial charge in [0.05, 0.1) is 18.4 Å². The molecule has 0 atom stereocenters. The average molecular weight is 581 g/mol. The summed E-state index contributed by atoms with van der Waals surface area (Å²) in [4.78, 5) is 32.2. The van der Waals surface area contributed by atoms with Crippen LogP contribution in [0, 0.1) is 0 Å². The quantitative estimate of drug-likeness (QED) is 0.303. The Bertz CT molecular complexity index is 1370. The number of carbonyl (C=O) groups is 2. The molecule has 2 aromatic carbocycles. The van der Waals surface area contributed by atoms with Crippen molar-refractivity contribution in [3.8, 4) is 17.0 Å². The maximum atomic E-state index is 13.0. The molecule has 0 radical (unpaired) electrons. The van der Waals surface area contributed by atoms with E-state index in [1.807, 2.05) is 36.4 Å². The van der Waals surface area contributed by atoms with Crippen LogP contribution < -0.4 is 15.8 Å². The number of pyridine rings is 1. The normalized spacial score (nSPS) is 16.5. The highest BCUT2D eigenvalue weighted by Gasteiger charge is 2.47. The van der Waals surface area contributed by atoms with Gasteiger partial charge in [-0.15, -0.1) is 0 Å². The van der Waals surface area contributed by atoms with Crippen LogP contribution in [0.3, 0.4) is 0 Å². The van der Waals surface area contributed by atoms with Crippen LogP contribution in [0.5, 0.6) is 5.88 Å². The van der Waals surface area contributed by atoms with Gasteiger partial charge in [0, 0.05) is 25.3 Å². The lowest BCUT2D eigenvalue weighted by molar-refractivity contribution is -0.139. The Labute approximate surface area is 243 Å². The number of rotatable bonds is 11. The van der Waals surface area contributed by atoms with Gasteiger partial charge in [0.1, 0.15) is 5.56 Å². The molecule has 3 N–H and O–H groups in total. The monoisotopic (exact) mass is 580 g/mol. The fraction of sp³-hybridized carbons (Fsp3) is 0.406. The van der Waals surface area contributed by atoms with Crippen LogP contribution in [0.4, 0.5) is 13.2 Å². The van der Waals surface area contributed by atoms with Gasteiger partial charge in [-0.2, -0.15) is 13.2 Å². The molecule has 42 heavy (non-hydrogen) atoms. The number of unbranched alkanes of at least 4 members (excludes halogenated alkanes) is 1. The fourth-order valence-electron chi connectivity index (χ4n) is 6.22. The number of nitrogens with zero attached hydrogens (tertiary/aromatic N) is 2. The van der Waals surface area contributed by atoms with Crippen molar-refractivity contribution in [3.63, 3.8) is 0 Å². The van der Waals surface area contributed by atoms with E-state index in [-0.39, 0.29) is 23.4 Å². The Kier molecular flexibility index (Phi) is 8.82. The zero-order valence-corrected chi connectivity index (χ0v) is 23.3. The Balaban J connectivity index is 1.11. The van der Waals surface area contributed by atoms with Crippen molar-refractivity contribution in [2.45, 2.75) is 56.2 Å². The number of nitrogens with one attached hydrogen (secondary N) is 1. The molecule has 0 bridgehead atoms. The highest BCUT2D eigenvalue weighted by molar-refractivity contribution is 5.99. The van der Waals surface area contributed by atoms with Crippen molar-refractivity contribution in [1.29, 1.82) is 0 Å². The Morgan fingerprint density at radius 1 is 0.976 bits per heavy atom. The SMILES string of the molecule is NC(=O)C1(CCCCN2CCC(NC(=O)c3cccnc3OCCC(F)(F)F)CC2)c2ccccc2-c2ccccc21. The summed E-state index contributed by atoms with van der Waals surface area (Å²) in [6, 6.07) is 19.0. The lowest BCUT2D eigenvalue weighted by Crippen LogP contribution is -2.45. The van der Waals surface area contributed by atoms with Gasteiger partial charge in [-0.05, 0) is 66.6 Å². The van der Waals surface area contributed by atoms with Gasteiger partial charge in [-0.1, -0.05) is 55.0 Å². The van der Waals surface area contributed by atoms with Gasteiger partial charge in [0.25, 0.3) is 5.91 Å². The second kappa shape index (κ2) is 12.5. The molecule has 3 aromatic rings. The van der Waals surface area contributed by atoms with E-state index in [9.17, 15) is 22.8 Å². The number of carbonyl (C=O) groups excluding carboxylic acids is 2. The standard InChI is InChI=1S/C32H35F3N4O3/c33-32(34,35)16-21-42-29-25(10-7-17-37-29)28(40)38-22-13-19-39(20-14-22)18-6-5-15-31(30(36)41)26-11-3-1-8-23(26)24-9-2-4-12-27(24)31/h1-4,7-12,17,22H,5-6,13-16,18-21H2,(H2,36,41)(H,38,40). The molecule has 1 aromatic heterocycles. The van der Waals surface area contributed by atoms with Crippen LogP contribution in [0.1, 0.15) is 60.0 Å². The summed E-state index contributed by atoms with van der Waals surface area (Å²) in [7, 11) is 0. The number of ether oxygens (including phenoxy) is 1. The zero-order valence-electron chi connectivity index (χ0n) is 23.3. The van der Waals surface area contributed by atoms with Gasteiger partial charge in [-0.25, -0.2) is 4.98 Å². The summed E-state index contributed by atoms with van der Waals surface area (Å²) < 4.78 is 42.6. The molecular weight excluding hydrogens is 545 g/mol. The van der Waals surface area contributed by atoms with Gasteiger partial charge in [0.15, 0.2) is 0 Å². The molecule has 1 aliphatic heterocycles. The molecule has 7 nitrogen and oxygen atoms in total. The molecule has 1 aliphatic carbocycles. The van der Waals surface area contributed by atoms with E-state index in [2.05, 4.69) is 27.3 Å². The highest BCUT2D eigenvalue weighted by Crippen LogP contribution is 2.51. The summed E-state index contributed by atoms with van der Waals surface area (Å²) in [5, 5.41) is 2.98. The first kappa shape index (κ1) is 29.6. The molecule has 5 rings (SSSR count). The summed E-state index contributed by atoms with van der Waals surface area (Å²) in [6.45, 7) is 1.89. The largest absolute Gasteiger partial charge is 0.477 e. The van der Waals surface area contributed by atoms with E-state index in [0.717, 1.165) is 67.6 Å². The van der Waals surface area contributed by atoms with Gasteiger partial charge in [0.2, 0.25) is 11.8 Å². The number of hydrogen-bond donors (Lipinski definition) is 2. The lowest BCUT2D eigenvalue weighted by Gasteiger charge is -2.33. The van der Waals surface area contributed by atoms with Crippen molar-refractivity contribution in [3.05, 3.63) is 83.6 Å². The molecule has 0 saturated carbocycles. The predicted octanol–water partition coefficient (Wildman–Crippen LogP) is 5.23. The highest BCUT2D eigenvalue weighted by atomic mass is 19.4. The van der Waals surface area contributed by atoms with E-state index in [1.54, 1.807) is 6.07 Å². The average Bonchev–Trinajstić information content (AvgIpc) is 3.27. The smallest absolute Gasteiger partial charge is 0.392 e. The van der Waals surface area contributed by atoms with Gasteiger partial charge in [-0.3, -0.25) is 9.59 Å². The zero-order chi connectivity index (χ0) is 29.7. The third-order valence-corrected chi connectivity index (χ3v) is 8.32. The number of aromatic nitrogens is 1. The molecular formula is C32H35F3N4O3. The molecule has 222 valence electrons. The predicted molar refractivity (Wildman–Crippen MR) is 153 cm³/mol. The number of alkyl halides is 3. The van der Waals surface area contributed by atoms with Crippen molar-refractivity contribution < 1.29 is 27.5 Å². The number of fused-ring (bicyclic) bond motifs is 3. The number of primary amides is 1. The van der Waals surface area contributed by atoms with E-state index < -0.39 is 30.5 Å². The first-order chi connectivity index (χ1) is 20.2. The molecule has 2 aliphatic rings. The minimum atomic E-state index is -4.35. The van der Waals surface area contributed by atoms with Gasteiger partial charge < -0.3 is 20.7 Å². The molecule has 0 unspecified atom stereocenters. The van der Waals surface area contributed by atoms with Crippen LogP contribution in [0.2, 0.25) is 0 Å². The maximum Gasteiger partial charge on any atom is 0.392 e. The van der Waals surface area contributed by atoms with E-state index >= 15 is 0 Å². The second-order valence-corrected chi connectivity index (χ2v) is 11.0. The van der Waals surface area contributed by atoms with Crippen molar-refractivity contribution in [1.82, 2.24) is 15.2 Å². The minimum Gasteiger partial charge on any atom is -0.477 e. The number of piperidine rings is 1. The Morgan fingerprint density at radius 2 is 1.62 bits per heavy atom. The molecule has 2 heterocycles. The van der Waals surface area contributed by atoms with Crippen molar-refractivity contribution in [2.24, 2.45) is 5.73 Å². The maximum absolute atomic E-state index is 13.0. The molecule has 1 saturated heterocycles. The third kappa shape index (κ3) is 6.28. The minimum absolute atomic E-state index is 0.0541. The molecule has 2 amide bonds. The van der Waals surface area contributed by atoms with Crippen molar-refractivity contribution >= 4 is 11.8 Å². The fourth-order valence-corrected chi connectivity index (χ4v) is 6.22. The van der Waals surface area contributed by atoms with Crippen LogP contribution >= 0.6 is 0 Å². The Hall–Kier alpha value is -3.92. The Morgan fingerprint density at radius 3 is 2.24 bits per heavy atom. The van der Waals surface area contributed by atoms with E-state index in [4.69, 9.17) is 10.5 Å². The van der Waals surface area contributed by atoms with Crippen LogP contribution in [0.25, 0.3) is 11.1 Å². The molecule has 10 heteroatoms. The first-order valence-electron chi connectivity index (χ1n) is 14.4. The number of benzene rings is 2. The van der Waals surface area contributed by atoms with Crippen LogP contribution in [-0.2, 0) is 10.2 Å². The van der Waals surface area contributed by atoms with Crippen LogP contribution in [-0.4, -0.2) is 60.2 Å². The molecule has 1 fully saturated rings. The second-order valence-electron chi connectivity index (χ2n) is 11.0. The first-order valence-corrected chi connectivity index (χ1v) is 14.4. The van der Waals surface area contributed by atoms with E-state index in [1.165, 1.54) is 12.3 Å². The number of halogens is 3. The summed E-state index contributed by atoms with van der Waals surface area (Å²) in [6.07, 6.45) is -0.195. The van der Waals surface area contributed by atoms with E-state index in [0.29, 0.717) is 6.42 Å². The summed E-state index contributed by atoms with van der Waals surface area (Å²) in [5.41, 5.74) is 9.50. The number of hydrogen-bond acceptors (Lipinski definition) is 5. The number of amides is 2. The van der Waals surface area contributed by atoms with Crippen LogP contribution in [0.15, 0.2) is 66.9 Å². The number of nitrogens with two attached hydrogens (primary N) is 1.